The van der Waals surface area contributed by atoms with Gasteiger partial charge < -0.3 is 0 Å². The van der Waals surface area contributed by atoms with E-state index in [0.717, 1.165) is 31.4 Å². The Bertz CT molecular complexity index is 370. The van der Waals surface area contributed by atoms with Crippen LogP contribution in [0.4, 0.5) is 0 Å². The average molecular weight is 222 g/mol. The molecule has 0 amide bonds. The van der Waals surface area contributed by atoms with Crippen LogP contribution in [0.1, 0.15) is 63.6 Å². The summed E-state index contributed by atoms with van der Waals surface area (Å²) in [5, 5.41) is 3.28. The van der Waals surface area contributed by atoms with Gasteiger partial charge in [-0.3, -0.25) is 9.89 Å². The minimum atomic E-state index is 0.162. The van der Waals surface area contributed by atoms with Crippen molar-refractivity contribution >= 4 is 0 Å². The van der Waals surface area contributed by atoms with Crippen molar-refractivity contribution in [2.45, 2.75) is 64.3 Å². The normalized spacial score (nSPS) is 18.6. The van der Waals surface area contributed by atoms with Gasteiger partial charge in [-0.2, -0.15) is 0 Å². The highest BCUT2D eigenvalue weighted by molar-refractivity contribution is 5.00. The van der Waals surface area contributed by atoms with Crippen LogP contribution >= 0.6 is 0 Å². The lowest BCUT2D eigenvalue weighted by atomic mass is 10.1. The van der Waals surface area contributed by atoms with Crippen molar-refractivity contribution in [3.05, 3.63) is 22.1 Å². The third-order valence-corrected chi connectivity index (χ3v) is 3.51. The molecule has 1 saturated carbocycles. The number of aromatic nitrogens is 2. The summed E-state index contributed by atoms with van der Waals surface area (Å²) in [5.41, 5.74) is 1.26. The zero-order valence-electron chi connectivity index (χ0n) is 10.2. The lowest BCUT2D eigenvalue weighted by Crippen LogP contribution is -2.21. The Morgan fingerprint density at radius 1 is 1.31 bits per heavy atom. The van der Waals surface area contributed by atoms with Crippen LogP contribution in [0.25, 0.3) is 0 Å². The second-order valence-corrected chi connectivity index (χ2v) is 4.89. The summed E-state index contributed by atoms with van der Waals surface area (Å²) < 4.78 is 1.87. The molecular formula is C13H22N2O. The fraction of sp³-hybridized carbons (Fsp3) is 0.769. The van der Waals surface area contributed by atoms with Crippen LogP contribution in [0.5, 0.6) is 0 Å². The van der Waals surface area contributed by atoms with E-state index in [1.807, 2.05) is 4.68 Å². The van der Waals surface area contributed by atoms with Crippen molar-refractivity contribution in [1.82, 2.24) is 9.78 Å². The van der Waals surface area contributed by atoms with Gasteiger partial charge in [-0.15, -0.1) is 0 Å². The molecule has 1 fully saturated rings. The first kappa shape index (κ1) is 11.5. The van der Waals surface area contributed by atoms with Gasteiger partial charge in [0.15, 0.2) is 0 Å². The highest BCUT2D eigenvalue weighted by Gasteiger charge is 2.16. The second kappa shape index (κ2) is 5.37. The van der Waals surface area contributed by atoms with Gasteiger partial charge in [0.25, 0.3) is 5.56 Å². The molecule has 2 rings (SSSR count). The molecule has 1 heterocycles. The lowest BCUT2D eigenvalue weighted by molar-refractivity contribution is 0.393. The van der Waals surface area contributed by atoms with Crippen molar-refractivity contribution in [2.75, 3.05) is 0 Å². The molecule has 90 valence electrons. The summed E-state index contributed by atoms with van der Waals surface area (Å²) >= 11 is 0. The van der Waals surface area contributed by atoms with E-state index in [0.29, 0.717) is 6.04 Å². The molecular weight excluding hydrogens is 200 g/mol. The first-order valence-corrected chi connectivity index (χ1v) is 6.61. The highest BCUT2D eigenvalue weighted by atomic mass is 16.1. The standard InChI is InChI=1S/C13H22N2O/c1-2-7-11-10-13(16)15(14-11)12-8-5-3-4-6-9-12/h10,12,14H,2-9H2,1H3. The number of aromatic amines is 1. The van der Waals surface area contributed by atoms with E-state index in [2.05, 4.69) is 12.0 Å². The number of H-pyrrole nitrogens is 1. The highest BCUT2D eigenvalue weighted by Crippen LogP contribution is 2.25. The maximum atomic E-state index is 11.9. The molecule has 1 aliphatic rings. The smallest absolute Gasteiger partial charge is 0.266 e. The van der Waals surface area contributed by atoms with Crippen molar-refractivity contribution in [1.29, 1.82) is 0 Å². The molecule has 0 aliphatic heterocycles. The van der Waals surface area contributed by atoms with Crippen molar-refractivity contribution in [3.8, 4) is 0 Å². The largest absolute Gasteiger partial charge is 0.299 e. The van der Waals surface area contributed by atoms with Crippen molar-refractivity contribution in [2.24, 2.45) is 0 Å². The van der Waals surface area contributed by atoms with Crippen LogP contribution in [0, 0.1) is 0 Å². The van der Waals surface area contributed by atoms with Gasteiger partial charge in [0.2, 0.25) is 0 Å². The third-order valence-electron chi connectivity index (χ3n) is 3.51. The van der Waals surface area contributed by atoms with E-state index >= 15 is 0 Å². The Balaban J connectivity index is 2.14. The number of hydrogen-bond acceptors (Lipinski definition) is 1. The molecule has 0 unspecified atom stereocenters. The van der Waals surface area contributed by atoms with Crippen LogP contribution in [0.3, 0.4) is 0 Å². The molecule has 1 aromatic rings. The Morgan fingerprint density at radius 2 is 2.00 bits per heavy atom. The van der Waals surface area contributed by atoms with Crippen molar-refractivity contribution < 1.29 is 0 Å². The summed E-state index contributed by atoms with van der Waals surface area (Å²) in [5.74, 6) is 0. The van der Waals surface area contributed by atoms with Gasteiger partial charge in [0.05, 0.1) is 6.04 Å². The first-order valence-electron chi connectivity index (χ1n) is 6.61. The fourth-order valence-electron chi connectivity index (χ4n) is 2.65. The molecule has 0 saturated heterocycles. The number of rotatable bonds is 3. The van der Waals surface area contributed by atoms with E-state index in [-0.39, 0.29) is 5.56 Å². The van der Waals surface area contributed by atoms with Gasteiger partial charge in [0, 0.05) is 11.8 Å². The topological polar surface area (TPSA) is 37.8 Å². The quantitative estimate of drug-likeness (QED) is 0.784. The minimum Gasteiger partial charge on any atom is -0.299 e. The van der Waals surface area contributed by atoms with E-state index in [1.165, 1.54) is 25.7 Å². The van der Waals surface area contributed by atoms with E-state index in [9.17, 15) is 4.79 Å². The van der Waals surface area contributed by atoms with Gasteiger partial charge in [-0.25, -0.2) is 4.68 Å². The van der Waals surface area contributed by atoms with Crippen LogP contribution in [0.2, 0.25) is 0 Å². The molecule has 0 aromatic carbocycles. The molecule has 0 radical (unpaired) electrons. The van der Waals surface area contributed by atoms with E-state index in [4.69, 9.17) is 0 Å². The zero-order chi connectivity index (χ0) is 11.4. The molecule has 1 aliphatic carbocycles. The Kier molecular flexibility index (Phi) is 3.86. The molecule has 1 N–H and O–H groups in total. The maximum absolute atomic E-state index is 11.9. The summed E-state index contributed by atoms with van der Waals surface area (Å²) in [4.78, 5) is 11.9. The van der Waals surface area contributed by atoms with Crippen LogP contribution in [-0.4, -0.2) is 9.78 Å². The Labute approximate surface area is 96.8 Å². The van der Waals surface area contributed by atoms with Crippen LogP contribution in [-0.2, 0) is 6.42 Å². The number of nitrogens with zero attached hydrogens (tertiary/aromatic N) is 1. The minimum absolute atomic E-state index is 0.162. The number of hydrogen-bond donors (Lipinski definition) is 1. The van der Waals surface area contributed by atoms with E-state index < -0.39 is 0 Å². The summed E-state index contributed by atoms with van der Waals surface area (Å²) in [6, 6.07) is 2.19. The summed E-state index contributed by atoms with van der Waals surface area (Å²) in [6.07, 6.45) is 9.57. The molecule has 0 spiro atoms. The molecule has 0 bridgehead atoms. The lowest BCUT2D eigenvalue weighted by Gasteiger charge is -2.14. The van der Waals surface area contributed by atoms with Crippen LogP contribution in [0.15, 0.2) is 10.9 Å². The van der Waals surface area contributed by atoms with Gasteiger partial charge in [-0.05, 0) is 19.3 Å². The monoisotopic (exact) mass is 222 g/mol. The van der Waals surface area contributed by atoms with Gasteiger partial charge in [0.1, 0.15) is 0 Å². The summed E-state index contributed by atoms with van der Waals surface area (Å²) in [7, 11) is 0. The zero-order valence-corrected chi connectivity index (χ0v) is 10.2. The molecule has 0 atom stereocenters. The third kappa shape index (κ3) is 2.57. The molecule has 16 heavy (non-hydrogen) atoms. The van der Waals surface area contributed by atoms with Gasteiger partial charge >= 0.3 is 0 Å². The van der Waals surface area contributed by atoms with Crippen molar-refractivity contribution in [3.63, 3.8) is 0 Å². The number of aryl methyl sites for hydroxylation is 1. The maximum Gasteiger partial charge on any atom is 0.266 e. The van der Waals surface area contributed by atoms with E-state index in [1.54, 1.807) is 6.07 Å². The summed E-state index contributed by atoms with van der Waals surface area (Å²) in [6.45, 7) is 2.14. The Hall–Kier alpha value is -0.990. The Morgan fingerprint density at radius 3 is 2.62 bits per heavy atom. The molecule has 3 heteroatoms. The predicted octanol–water partition coefficient (Wildman–Crippen LogP) is 3.02. The van der Waals surface area contributed by atoms with Gasteiger partial charge in [-0.1, -0.05) is 39.0 Å². The fourth-order valence-corrected chi connectivity index (χ4v) is 2.65. The first-order chi connectivity index (χ1) is 7.81. The van der Waals surface area contributed by atoms with Crippen LogP contribution < -0.4 is 5.56 Å². The number of nitrogens with one attached hydrogen (secondary N) is 1. The molecule has 3 nitrogen and oxygen atoms in total. The second-order valence-electron chi connectivity index (χ2n) is 4.89. The molecule has 1 aromatic heterocycles. The SMILES string of the molecule is CCCc1cc(=O)n(C2CCCCCC2)[nH]1. The predicted molar refractivity (Wildman–Crippen MR) is 65.8 cm³/mol. The average Bonchev–Trinajstić information content (AvgIpc) is 2.52.